The number of carbonyl (C=O) groups is 1. The fraction of sp³-hybridized carbons (Fsp3) is 0.0833. The summed E-state index contributed by atoms with van der Waals surface area (Å²) in [5.74, 6) is -3.37. The van der Waals surface area contributed by atoms with E-state index in [1.807, 2.05) is 0 Å². The van der Waals surface area contributed by atoms with E-state index in [2.05, 4.69) is 9.97 Å². The molecule has 1 heterocycles. The number of aromatic nitrogens is 2. The van der Waals surface area contributed by atoms with Gasteiger partial charge >= 0.3 is 5.97 Å². The molecule has 7 heteroatoms. The summed E-state index contributed by atoms with van der Waals surface area (Å²) in [6, 6.07) is 2.67. The highest BCUT2D eigenvalue weighted by Gasteiger charge is 2.16. The molecule has 0 unspecified atom stereocenters. The highest BCUT2D eigenvalue weighted by molar-refractivity contribution is 5.89. The van der Waals surface area contributed by atoms with Crippen LogP contribution in [0.5, 0.6) is 11.6 Å². The molecule has 1 N–H and O–H groups in total. The Balaban J connectivity index is 2.42. The highest BCUT2D eigenvalue weighted by atomic mass is 19.1. The minimum atomic E-state index is -1.31. The van der Waals surface area contributed by atoms with Gasteiger partial charge in [0.15, 0.2) is 11.6 Å². The van der Waals surface area contributed by atoms with Crippen molar-refractivity contribution in [3.8, 4) is 11.6 Å². The highest BCUT2D eigenvalue weighted by Crippen LogP contribution is 2.26. The molecule has 2 aromatic rings. The van der Waals surface area contributed by atoms with E-state index in [4.69, 9.17) is 9.84 Å². The van der Waals surface area contributed by atoms with E-state index in [-0.39, 0.29) is 23.0 Å². The maximum absolute atomic E-state index is 13.4. The predicted octanol–water partition coefficient (Wildman–Crippen LogP) is 2.55. The molecule has 0 bridgehead atoms. The monoisotopic (exact) mass is 266 g/mol. The van der Waals surface area contributed by atoms with Crippen molar-refractivity contribution in [3.05, 3.63) is 47.4 Å². The number of carboxylic acids is 1. The zero-order chi connectivity index (χ0) is 14.0. The van der Waals surface area contributed by atoms with Crippen molar-refractivity contribution in [1.82, 2.24) is 9.97 Å². The third kappa shape index (κ3) is 2.82. The number of hydrogen-bond donors (Lipinski definition) is 1. The molecule has 0 spiro atoms. The molecule has 0 aliphatic rings. The van der Waals surface area contributed by atoms with Crippen LogP contribution in [-0.4, -0.2) is 21.0 Å². The van der Waals surface area contributed by atoms with Crippen molar-refractivity contribution >= 4 is 5.97 Å². The minimum absolute atomic E-state index is 0.266. The molecule has 0 radical (unpaired) electrons. The van der Waals surface area contributed by atoms with E-state index in [0.717, 1.165) is 18.3 Å². The number of halogens is 2. The lowest BCUT2D eigenvalue weighted by Gasteiger charge is -2.08. The molecule has 1 aromatic heterocycles. The summed E-state index contributed by atoms with van der Waals surface area (Å²) in [5, 5.41) is 8.93. The first-order chi connectivity index (χ1) is 8.97. The number of benzene rings is 1. The van der Waals surface area contributed by atoms with E-state index in [0.29, 0.717) is 6.07 Å². The molecule has 1 aromatic carbocycles. The molecule has 19 heavy (non-hydrogen) atoms. The van der Waals surface area contributed by atoms with Gasteiger partial charge in [-0.15, -0.1) is 0 Å². The number of rotatable bonds is 3. The van der Waals surface area contributed by atoms with Gasteiger partial charge in [-0.3, -0.25) is 0 Å². The molecular weight excluding hydrogens is 258 g/mol. The Morgan fingerprint density at radius 2 is 2.11 bits per heavy atom. The summed E-state index contributed by atoms with van der Waals surface area (Å²) in [4.78, 5) is 18.4. The van der Waals surface area contributed by atoms with Crippen LogP contribution in [0, 0.1) is 18.6 Å². The molecule has 0 amide bonds. The van der Waals surface area contributed by atoms with Gasteiger partial charge in [-0.25, -0.2) is 18.6 Å². The number of hydrogen-bond acceptors (Lipinski definition) is 4. The van der Waals surface area contributed by atoms with E-state index in [1.165, 1.54) is 6.92 Å². The third-order valence-electron chi connectivity index (χ3n) is 2.21. The Labute approximate surface area is 106 Å². The van der Waals surface area contributed by atoms with Crippen LogP contribution in [0.4, 0.5) is 8.78 Å². The van der Waals surface area contributed by atoms with E-state index < -0.39 is 17.6 Å². The largest absolute Gasteiger partial charge is 0.477 e. The normalized spacial score (nSPS) is 10.3. The Morgan fingerprint density at radius 3 is 2.74 bits per heavy atom. The Morgan fingerprint density at radius 1 is 1.37 bits per heavy atom. The molecule has 0 aliphatic heterocycles. The van der Waals surface area contributed by atoms with Gasteiger partial charge in [-0.1, -0.05) is 0 Å². The van der Waals surface area contributed by atoms with Crippen LogP contribution in [0.1, 0.15) is 16.2 Å². The molecule has 98 valence electrons. The number of nitrogens with zero attached hydrogens (tertiary/aromatic N) is 2. The number of ether oxygens (including phenoxy) is 1. The number of aromatic carboxylic acids is 1. The first-order valence-electron chi connectivity index (χ1n) is 5.17. The molecular formula is C12H8F2N2O3. The van der Waals surface area contributed by atoms with Gasteiger partial charge in [0.05, 0.1) is 0 Å². The SMILES string of the molecule is Cc1ncc(C(=O)O)c(Oc2ccc(F)cc2F)n1. The second kappa shape index (κ2) is 4.97. The zero-order valence-corrected chi connectivity index (χ0v) is 9.72. The van der Waals surface area contributed by atoms with Gasteiger partial charge in [0.1, 0.15) is 17.2 Å². The molecule has 2 rings (SSSR count). The van der Waals surface area contributed by atoms with Crippen molar-refractivity contribution in [3.63, 3.8) is 0 Å². The van der Waals surface area contributed by atoms with Crippen LogP contribution in [0.3, 0.4) is 0 Å². The molecule has 0 saturated heterocycles. The van der Waals surface area contributed by atoms with E-state index in [9.17, 15) is 13.6 Å². The summed E-state index contributed by atoms with van der Waals surface area (Å²) < 4.78 is 31.2. The minimum Gasteiger partial charge on any atom is -0.477 e. The third-order valence-corrected chi connectivity index (χ3v) is 2.21. The van der Waals surface area contributed by atoms with E-state index >= 15 is 0 Å². The van der Waals surface area contributed by atoms with Crippen LogP contribution in [0.15, 0.2) is 24.4 Å². The topological polar surface area (TPSA) is 72.3 Å². The average molecular weight is 266 g/mol. The number of carboxylic acid groups (broad SMARTS) is 1. The van der Waals surface area contributed by atoms with E-state index in [1.54, 1.807) is 0 Å². The molecule has 0 saturated carbocycles. The van der Waals surface area contributed by atoms with Crippen LogP contribution in [0.2, 0.25) is 0 Å². The first kappa shape index (κ1) is 12.9. The number of aryl methyl sites for hydroxylation is 1. The Hall–Kier alpha value is -2.57. The van der Waals surface area contributed by atoms with Crippen molar-refractivity contribution < 1.29 is 23.4 Å². The summed E-state index contributed by atoms with van der Waals surface area (Å²) in [6.07, 6.45) is 1.06. The Kier molecular flexibility index (Phi) is 3.37. The van der Waals surface area contributed by atoms with Gasteiger partial charge in [-0.05, 0) is 19.1 Å². The maximum atomic E-state index is 13.4. The van der Waals surface area contributed by atoms with Gasteiger partial charge in [-0.2, -0.15) is 4.98 Å². The predicted molar refractivity (Wildman–Crippen MR) is 60.2 cm³/mol. The fourth-order valence-electron chi connectivity index (χ4n) is 1.34. The average Bonchev–Trinajstić information content (AvgIpc) is 2.32. The maximum Gasteiger partial charge on any atom is 0.342 e. The van der Waals surface area contributed by atoms with Gasteiger partial charge in [0.25, 0.3) is 0 Å². The fourth-order valence-corrected chi connectivity index (χ4v) is 1.34. The first-order valence-corrected chi connectivity index (χ1v) is 5.17. The van der Waals surface area contributed by atoms with Crippen LogP contribution in [-0.2, 0) is 0 Å². The Bertz CT molecular complexity index is 647. The van der Waals surface area contributed by atoms with Crippen LogP contribution >= 0.6 is 0 Å². The smallest absolute Gasteiger partial charge is 0.342 e. The quantitative estimate of drug-likeness (QED) is 0.924. The van der Waals surface area contributed by atoms with Crippen LogP contribution < -0.4 is 4.74 Å². The van der Waals surface area contributed by atoms with Crippen molar-refractivity contribution in [2.75, 3.05) is 0 Å². The summed E-state index contributed by atoms with van der Waals surface area (Å²) in [7, 11) is 0. The second-order valence-electron chi connectivity index (χ2n) is 3.62. The molecule has 0 fully saturated rings. The van der Waals surface area contributed by atoms with Crippen molar-refractivity contribution in [2.45, 2.75) is 6.92 Å². The summed E-state index contributed by atoms with van der Waals surface area (Å²) in [6.45, 7) is 1.53. The summed E-state index contributed by atoms with van der Waals surface area (Å²) in [5.41, 5.74) is -0.311. The van der Waals surface area contributed by atoms with Crippen LogP contribution in [0.25, 0.3) is 0 Å². The molecule has 5 nitrogen and oxygen atoms in total. The molecule has 0 atom stereocenters. The van der Waals surface area contributed by atoms with Gasteiger partial charge in [0.2, 0.25) is 5.88 Å². The van der Waals surface area contributed by atoms with Crippen molar-refractivity contribution in [2.24, 2.45) is 0 Å². The molecule has 0 aliphatic carbocycles. The lowest BCUT2D eigenvalue weighted by atomic mass is 10.3. The second-order valence-corrected chi connectivity index (χ2v) is 3.62. The lowest BCUT2D eigenvalue weighted by molar-refractivity contribution is 0.0692. The van der Waals surface area contributed by atoms with Gasteiger partial charge in [0, 0.05) is 12.3 Å². The standard InChI is InChI=1S/C12H8F2N2O3/c1-6-15-5-8(12(17)18)11(16-6)19-10-3-2-7(13)4-9(10)14/h2-5H,1H3,(H,17,18). The lowest BCUT2D eigenvalue weighted by Crippen LogP contribution is -2.05. The zero-order valence-electron chi connectivity index (χ0n) is 9.72. The van der Waals surface area contributed by atoms with Crippen molar-refractivity contribution in [1.29, 1.82) is 0 Å². The van der Waals surface area contributed by atoms with Gasteiger partial charge < -0.3 is 9.84 Å². The summed E-state index contributed by atoms with van der Waals surface area (Å²) >= 11 is 0.